The van der Waals surface area contributed by atoms with Gasteiger partial charge in [0.1, 0.15) is 0 Å². The van der Waals surface area contributed by atoms with E-state index in [1.54, 1.807) is 18.6 Å². The van der Waals surface area contributed by atoms with Gasteiger partial charge in [-0.1, -0.05) is 24.3 Å². The highest BCUT2D eigenvalue weighted by Gasteiger charge is 2.18. The van der Waals surface area contributed by atoms with Gasteiger partial charge in [0.25, 0.3) is 5.91 Å². The molecular formula is C25H23N5O2. The van der Waals surface area contributed by atoms with Crippen molar-refractivity contribution in [2.24, 2.45) is 0 Å². The maximum absolute atomic E-state index is 12.6. The van der Waals surface area contributed by atoms with Crippen LogP contribution in [-0.2, 0) is 4.74 Å². The summed E-state index contributed by atoms with van der Waals surface area (Å²) in [5.41, 5.74) is 5.91. The molecule has 32 heavy (non-hydrogen) atoms. The minimum Gasteiger partial charge on any atom is -0.381 e. The molecular weight excluding hydrogens is 402 g/mol. The summed E-state index contributed by atoms with van der Waals surface area (Å²) in [6.45, 7) is 1.39. The van der Waals surface area contributed by atoms with E-state index in [9.17, 15) is 4.79 Å². The number of amides is 1. The SMILES string of the molecule is O=C(NC1CCOCC1)c1ccc(-c2ncccc2-c2cn[nH]c2-c2ccccn2)cc1. The number of H-pyrrole nitrogens is 1. The highest BCUT2D eigenvalue weighted by atomic mass is 16.5. The van der Waals surface area contributed by atoms with Crippen LogP contribution in [0.25, 0.3) is 33.8 Å². The van der Waals surface area contributed by atoms with Crippen molar-refractivity contribution in [3.8, 4) is 33.8 Å². The number of hydrogen-bond donors (Lipinski definition) is 2. The maximum atomic E-state index is 12.6. The van der Waals surface area contributed by atoms with Crippen molar-refractivity contribution in [2.75, 3.05) is 13.2 Å². The molecule has 7 heteroatoms. The number of nitrogens with zero attached hydrogens (tertiary/aromatic N) is 3. The summed E-state index contributed by atoms with van der Waals surface area (Å²) in [6, 6.07) is 17.4. The van der Waals surface area contributed by atoms with Gasteiger partial charge in [0.05, 0.1) is 23.3 Å². The van der Waals surface area contributed by atoms with Gasteiger partial charge >= 0.3 is 0 Å². The standard InChI is InChI=1S/C25H23N5O2/c31-25(29-19-10-14-32-15-11-19)18-8-6-17(7-9-18)23-20(4-3-13-27-23)21-16-28-30-24(21)22-5-1-2-12-26-22/h1-9,12-13,16,19H,10-11,14-15H2,(H,28,30)(H,29,31). The molecule has 0 spiro atoms. The Bertz CT molecular complexity index is 1200. The molecule has 1 fully saturated rings. The average Bonchev–Trinajstić information content (AvgIpc) is 3.35. The lowest BCUT2D eigenvalue weighted by Gasteiger charge is -2.23. The predicted molar refractivity (Wildman–Crippen MR) is 122 cm³/mol. The zero-order valence-corrected chi connectivity index (χ0v) is 17.5. The third-order valence-electron chi connectivity index (χ3n) is 5.64. The van der Waals surface area contributed by atoms with Crippen LogP contribution in [0, 0.1) is 0 Å². The van der Waals surface area contributed by atoms with Crippen LogP contribution >= 0.6 is 0 Å². The Morgan fingerprint density at radius 1 is 0.938 bits per heavy atom. The van der Waals surface area contributed by atoms with Crippen molar-refractivity contribution in [3.63, 3.8) is 0 Å². The van der Waals surface area contributed by atoms with Gasteiger partial charge in [-0.2, -0.15) is 5.10 Å². The molecule has 5 rings (SSSR count). The minimum absolute atomic E-state index is 0.0584. The van der Waals surface area contributed by atoms with Crippen molar-refractivity contribution >= 4 is 5.91 Å². The van der Waals surface area contributed by atoms with Crippen molar-refractivity contribution < 1.29 is 9.53 Å². The van der Waals surface area contributed by atoms with Gasteiger partial charge in [0.2, 0.25) is 0 Å². The van der Waals surface area contributed by atoms with E-state index in [4.69, 9.17) is 4.74 Å². The minimum atomic E-state index is -0.0584. The summed E-state index contributed by atoms with van der Waals surface area (Å²) >= 11 is 0. The maximum Gasteiger partial charge on any atom is 0.251 e. The Hall–Kier alpha value is -3.84. The zero-order chi connectivity index (χ0) is 21.8. The number of carbonyl (C=O) groups is 1. The van der Waals surface area contributed by atoms with Crippen molar-refractivity contribution in [1.29, 1.82) is 0 Å². The fourth-order valence-electron chi connectivity index (χ4n) is 3.94. The number of rotatable bonds is 5. The highest BCUT2D eigenvalue weighted by molar-refractivity contribution is 5.95. The van der Waals surface area contributed by atoms with Crippen LogP contribution in [0.3, 0.4) is 0 Å². The molecule has 0 atom stereocenters. The molecule has 0 unspecified atom stereocenters. The molecule has 1 saturated heterocycles. The first kappa shape index (κ1) is 20.1. The number of pyridine rings is 2. The zero-order valence-electron chi connectivity index (χ0n) is 17.5. The fraction of sp³-hybridized carbons (Fsp3) is 0.200. The quantitative estimate of drug-likeness (QED) is 0.502. The van der Waals surface area contributed by atoms with Crippen LogP contribution in [0.5, 0.6) is 0 Å². The molecule has 1 aliphatic rings. The first-order valence-corrected chi connectivity index (χ1v) is 10.7. The molecule has 0 bridgehead atoms. The molecule has 0 saturated carbocycles. The Balaban J connectivity index is 1.43. The largest absolute Gasteiger partial charge is 0.381 e. The smallest absolute Gasteiger partial charge is 0.251 e. The van der Waals surface area contributed by atoms with E-state index in [0.29, 0.717) is 18.8 Å². The van der Waals surface area contributed by atoms with E-state index in [2.05, 4.69) is 25.5 Å². The third kappa shape index (κ3) is 4.15. The van der Waals surface area contributed by atoms with Crippen molar-refractivity contribution in [2.45, 2.75) is 18.9 Å². The molecule has 4 heterocycles. The summed E-state index contributed by atoms with van der Waals surface area (Å²) in [5, 5.41) is 10.4. The number of aromatic amines is 1. The lowest BCUT2D eigenvalue weighted by Crippen LogP contribution is -2.38. The molecule has 1 aliphatic heterocycles. The van der Waals surface area contributed by atoms with E-state index in [0.717, 1.165) is 46.6 Å². The van der Waals surface area contributed by atoms with Gasteiger partial charge in [-0.3, -0.25) is 19.9 Å². The Kier molecular flexibility index (Phi) is 5.72. The number of ether oxygens (including phenoxy) is 1. The second-order valence-electron chi connectivity index (χ2n) is 7.71. The van der Waals surface area contributed by atoms with E-state index >= 15 is 0 Å². The summed E-state index contributed by atoms with van der Waals surface area (Å²) in [4.78, 5) is 21.7. The third-order valence-corrected chi connectivity index (χ3v) is 5.64. The average molecular weight is 425 g/mol. The number of hydrogen-bond acceptors (Lipinski definition) is 5. The molecule has 3 aromatic heterocycles. The lowest BCUT2D eigenvalue weighted by atomic mass is 9.98. The first-order valence-electron chi connectivity index (χ1n) is 10.7. The molecule has 4 aromatic rings. The van der Waals surface area contributed by atoms with E-state index in [1.807, 2.05) is 54.6 Å². The van der Waals surface area contributed by atoms with Gasteiger partial charge in [0.15, 0.2) is 0 Å². The van der Waals surface area contributed by atoms with Crippen LogP contribution < -0.4 is 5.32 Å². The topological polar surface area (TPSA) is 92.8 Å². The highest BCUT2D eigenvalue weighted by Crippen LogP contribution is 2.35. The lowest BCUT2D eigenvalue weighted by molar-refractivity contribution is 0.0696. The van der Waals surface area contributed by atoms with Gasteiger partial charge in [-0.05, 0) is 43.2 Å². The molecule has 160 valence electrons. The van der Waals surface area contributed by atoms with E-state index in [1.165, 1.54) is 0 Å². The summed E-state index contributed by atoms with van der Waals surface area (Å²) in [7, 11) is 0. The van der Waals surface area contributed by atoms with Gasteiger partial charge in [-0.25, -0.2) is 0 Å². The van der Waals surface area contributed by atoms with Crippen molar-refractivity contribution in [1.82, 2.24) is 25.5 Å². The second-order valence-corrected chi connectivity index (χ2v) is 7.71. The van der Waals surface area contributed by atoms with E-state index < -0.39 is 0 Å². The van der Waals surface area contributed by atoms with Crippen LogP contribution in [0.4, 0.5) is 0 Å². The molecule has 0 radical (unpaired) electrons. The number of aromatic nitrogens is 4. The molecule has 0 aliphatic carbocycles. The van der Waals surface area contributed by atoms with Gasteiger partial charge in [-0.15, -0.1) is 0 Å². The molecule has 7 nitrogen and oxygen atoms in total. The predicted octanol–water partition coefficient (Wildman–Crippen LogP) is 4.11. The van der Waals surface area contributed by atoms with Crippen LogP contribution in [0.1, 0.15) is 23.2 Å². The molecule has 1 aromatic carbocycles. The monoisotopic (exact) mass is 425 g/mol. The first-order chi connectivity index (χ1) is 15.8. The number of benzene rings is 1. The molecule has 1 amide bonds. The van der Waals surface area contributed by atoms with Crippen LogP contribution in [0.15, 0.2) is 73.2 Å². The summed E-state index contributed by atoms with van der Waals surface area (Å²) in [5.74, 6) is -0.0584. The van der Waals surface area contributed by atoms with Gasteiger partial charge < -0.3 is 10.1 Å². The Morgan fingerprint density at radius 3 is 2.53 bits per heavy atom. The Labute approximate surface area is 185 Å². The fourth-order valence-corrected chi connectivity index (χ4v) is 3.94. The molecule has 2 N–H and O–H groups in total. The summed E-state index contributed by atoms with van der Waals surface area (Å²) < 4.78 is 5.36. The second kappa shape index (κ2) is 9.11. The van der Waals surface area contributed by atoms with Gasteiger partial charge in [0, 0.05) is 53.9 Å². The summed E-state index contributed by atoms with van der Waals surface area (Å²) in [6.07, 6.45) is 7.02. The van der Waals surface area contributed by atoms with Crippen molar-refractivity contribution in [3.05, 3.63) is 78.8 Å². The normalized spacial score (nSPS) is 14.2. The van der Waals surface area contributed by atoms with Crippen LogP contribution in [0.2, 0.25) is 0 Å². The number of nitrogens with one attached hydrogen (secondary N) is 2. The Morgan fingerprint density at radius 2 is 1.75 bits per heavy atom. The number of carbonyl (C=O) groups excluding carboxylic acids is 1. The van der Waals surface area contributed by atoms with Crippen LogP contribution in [-0.4, -0.2) is 45.3 Å². The van der Waals surface area contributed by atoms with E-state index in [-0.39, 0.29) is 11.9 Å².